The number of aromatic nitrogens is 4. The van der Waals surface area contributed by atoms with Crippen molar-refractivity contribution >= 4 is 23.2 Å². The van der Waals surface area contributed by atoms with Crippen molar-refractivity contribution in [3.05, 3.63) is 53.1 Å². The van der Waals surface area contributed by atoms with Gasteiger partial charge < -0.3 is 15.4 Å². The molecule has 1 aromatic carbocycles. The fourth-order valence-electron chi connectivity index (χ4n) is 3.03. The first-order valence-corrected chi connectivity index (χ1v) is 9.18. The fraction of sp³-hybridized carbons (Fsp3) is 0.300. The zero-order valence-electron chi connectivity index (χ0n) is 17.1. The molecule has 2 N–H and O–H groups in total. The molecular weight excluding hydrogens is 372 g/mol. The van der Waals surface area contributed by atoms with Crippen molar-refractivity contribution in [2.24, 2.45) is 7.05 Å². The Morgan fingerprint density at radius 2 is 1.76 bits per heavy atom. The molecule has 3 rings (SSSR count). The Morgan fingerprint density at radius 1 is 1.07 bits per heavy atom. The van der Waals surface area contributed by atoms with E-state index in [1.807, 2.05) is 20.8 Å². The summed E-state index contributed by atoms with van der Waals surface area (Å²) in [5.74, 6) is -0.103. The number of amides is 2. The Hall–Kier alpha value is -3.62. The van der Waals surface area contributed by atoms with Gasteiger partial charge in [0.25, 0.3) is 11.8 Å². The van der Waals surface area contributed by atoms with Crippen molar-refractivity contribution in [3.63, 3.8) is 0 Å². The van der Waals surface area contributed by atoms with E-state index in [4.69, 9.17) is 4.74 Å². The maximum absolute atomic E-state index is 12.9. The van der Waals surface area contributed by atoms with Crippen molar-refractivity contribution in [3.8, 4) is 5.75 Å². The van der Waals surface area contributed by atoms with E-state index in [1.54, 1.807) is 43.2 Å². The van der Waals surface area contributed by atoms with Crippen LogP contribution in [0.4, 0.5) is 11.4 Å². The van der Waals surface area contributed by atoms with Gasteiger partial charge in [-0.25, -0.2) is 0 Å². The summed E-state index contributed by atoms with van der Waals surface area (Å²) in [4.78, 5) is 25.8. The summed E-state index contributed by atoms with van der Waals surface area (Å²) in [6, 6.07) is 5.24. The lowest BCUT2D eigenvalue weighted by atomic mass is 10.1. The maximum Gasteiger partial charge on any atom is 0.276 e. The highest BCUT2D eigenvalue weighted by molar-refractivity contribution is 6.12. The average Bonchev–Trinajstić information content (AvgIpc) is 3.25. The molecule has 0 bridgehead atoms. The van der Waals surface area contributed by atoms with Crippen LogP contribution in [0.2, 0.25) is 0 Å². The minimum absolute atomic E-state index is 0.268. The molecule has 0 radical (unpaired) electrons. The highest BCUT2D eigenvalue weighted by Gasteiger charge is 2.22. The Morgan fingerprint density at radius 3 is 2.38 bits per heavy atom. The third-order valence-corrected chi connectivity index (χ3v) is 4.83. The van der Waals surface area contributed by atoms with Crippen LogP contribution in [0.25, 0.3) is 0 Å². The van der Waals surface area contributed by atoms with Gasteiger partial charge in [0.2, 0.25) is 0 Å². The maximum atomic E-state index is 12.9. The van der Waals surface area contributed by atoms with Crippen LogP contribution >= 0.6 is 0 Å². The number of anilines is 2. The molecule has 9 nitrogen and oxygen atoms in total. The number of nitrogens with one attached hydrogen (secondary N) is 2. The zero-order chi connectivity index (χ0) is 21.1. The van der Waals surface area contributed by atoms with Gasteiger partial charge in [-0.3, -0.25) is 19.0 Å². The molecule has 0 atom stereocenters. The number of carbonyl (C=O) groups excluding carboxylic acids is 2. The standard InChI is InChI=1S/C20H24N6O3/c1-6-26-18(20(28)23-15-10-21-25(4)13(15)3)16(11-22-26)24-19(27)14-8-7-9-17(29-5)12(14)2/h7-11H,6H2,1-5H3,(H,23,28)(H,24,27). The van der Waals surface area contributed by atoms with Crippen molar-refractivity contribution < 1.29 is 14.3 Å². The third-order valence-electron chi connectivity index (χ3n) is 4.83. The van der Waals surface area contributed by atoms with E-state index >= 15 is 0 Å². The van der Waals surface area contributed by atoms with E-state index in [9.17, 15) is 9.59 Å². The van der Waals surface area contributed by atoms with Gasteiger partial charge in [-0.15, -0.1) is 0 Å². The predicted octanol–water partition coefficient (Wildman–Crippen LogP) is 2.77. The molecule has 0 unspecified atom stereocenters. The molecule has 0 aliphatic rings. The van der Waals surface area contributed by atoms with Gasteiger partial charge >= 0.3 is 0 Å². The van der Waals surface area contributed by atoms with E-state index in [-0.39, 0.29) is 17.5 Å². The molecule has 9 heteroatoms. The first-order valence-electron chi connectivity index (χ1n) is 9.18. The number of hydrogen-bond acceptors (Lipinski definition) is 5. The number of benzene rings is 1. The molecule has 0 fully saturated rings. The second-order valence-corrected chi connectivity index (χ2v) is 6.53. The molecule has 2 heterocycles. The first-order chi connectivity index (χ1) is 13.9. The van der Waals surface area contributed by atoms with Gasteiger partial charge in [0.15, 0.2) is 0 Å². The van der Waals surface area contributed by atoms with Gasteiger partial charge in [0, 0.05) is 24.7 Å². The quantitative estimate of drug-likeness (QED) is 0.667. The number of hydrogen-bond donors (Lipinski definition) is 2. The third kappa shape index (κ3) is 3.84. The van der Waals surface area contributed by atoms with Crippen LogP contribution in [0.5, 0.6) is 5.75 Å². The molecule has 0 spiro atoms. The Bertz CT molecular complexity index is 1070. The minimum atomic E-state index is -0.377. The number of methoxy groups -OCH3 is 1. The van der Waals surface area contributed by atoms with Crippen LogP contribution in [0.1, 0.15) is 39.0 Å². The topological polar surface area (TPSA) is 103 Å². The SMILES string of the molecule is CCn1ncc(NC(=O)c2cccc(OC)c2C)c1C(=O)Nc1cnn(C)c1C. The number of aryl methyl sites for hydroxylation is 2. The van der Waals surface area contributed by atoms with Crippen molar-refractivity contribution in [1.82, 2.24) is 19.6 Å². The summed E-state index contributed by atoms with van der Waals surface area (Å²) in [5.41, 5.74) is 3.19. The van der Waals surface area contributed by atoms with Gasteiger partial charge in [-0.1, -0.05) is 6.07 Å². The Balaban J connectivity index is 1.89. The zero-order valence-corrected chi connectivity index (χ0v) is 17.1. The van der Waals surface area contributed by atoms with E-state index in [0.29, 0.717) is 34.8 Å². The van der Waals surface area contributed by atoms with E-state index < -0.39 is 0 Å². The number of rotatable bonds is 6. The molecule has 3 aromatic rings. The summed E-state index contributed by atoms with van der Waals surface area (Å²) in [6.45, 7) is 6.01. The van der Waals surface area contributed by atoms with E-state index in [0.717, 1.165) is 5.69 Å². The van der Waals surface area contributed by atoms with E-state index in [1.165, 1.54) is 10.9 Å². The van der Waals surface area contributed by atoms with Gasteiger partial charge in [0.1, 0.15) is 11.4 Å². The second kappa shape index (κ2) is 8.17. The Kier molecular flexibility index (Phi) is 5.67. The van der Waals surface area contributed by atoms with Crippen LogP contribution in [0.3, 0.4) is 0 Å². The molecule has 2 aromatic heterocycles. The Labute approximate surface area is 168 Å². The normalized spacial score (nSPS) is 10.7. The summed E-state index contributed by atoms with van der Waals surface area (Å²) < 4.78 is 8.48. The second-order valence-electron chi connectivity index (χ2n) is 6.53. The van der Waals surface area contributed by atoms with Crippen molar-refractivity contribution in [2.45, 2.75) is 27.3 Å². The molecule has 0 aliphatic carbocycles. The summed E-state index contributed by atoms with van der Waals surface area (Å²) in [5, 5.41) is 14.0. The highest BCUT2D eigenvalue weighted by Crippen LogP contribution is 2.24. The summed E-state index contributed by atoms with van der Waals surface area (Å²) >= 11 is 0. The average molecular weight is 396 g/mol. The van der Waals surface area contributed by atoms with Gasteiger partial charge in [-0.2, -0.15) is 10.2 Å². The van der Waals surface area contributed by atoms with Crippen LogP contribution in [-0.4, -0.2) is 38.5 Å². The molecule has 0 saturated carbocycles. The molecular formula is C20H24N6O3. The fourth-order valence-corrected chi connectivity index (χ4v) is 3.03. The van der Waals surface area contributed by atoms with Crippen molar-refractivity contribution in [1.29, 1.82) is 0 Å². The lowest BCUT2D eigenvalue weighted by Crippen LogP contribution is -2.21. The summed E-state index contributed by atoms with van der Waals surface area (Å²) in [7, 11) is 3.35. The van der Waals surface area contributed by atoms with Crippen LogP contribution < -0.4 is 15.4 Å². The first kappa shape index (κ1) is 20.1. The summed E-state index contributed by atoms with van der Waals surface area (Å²) in [6.07, 6.45) is 3.06. The van der Waals surface area contributed by atoms with Gasteiger partial charge in [-0.05, 0) is 32.9 Å². The van der Waals surface area contributed by atoms with Crippen LogP contribution in [-0.2, 0) is 13.6 Å². The molecule has 0 saturated heterocycles. The molecule has 152 valence electrons. The number of carbonyl (C=O) groups is 2. The minimum Gasteiger partial charge on any atom is -0.496 e. The van der Waals surface area contributed by atoms with Crippen LogP contribution in [0.15, 0.2) is 30.6 Å². The number of nitrogens with zero attached hydrogens (tertiary/aromatic N) is 4. The highest BCUT2D eigenvalue weighted by atomic mass is 16.5. The lowest BCUT2D eigenvalue weighted by Gasteiger charge is -2.12. The largest absolute Gasteiger partial charge is 0.496 e. The van der Waals surface area contributed by atoms with Crippen LogP contribution in [0, 0.1) is 13.8 Å². The van der Waals surface area contributed by atoms with Crippen molar-refractivity contribution in [2.75, 3.05) is 17.7 Å². The molecule has 29 heavy (non-hydrogen) atoms. The van der Waals surface area contributed by atoms with E-state index in [2.05, 4.69) is 20.8 Å². The lowest BCUT2D eigenvalue weighted by molar-refractivity contribution is 0.101. The smallest absolute Gasteiger partial charge is 0.276 e. The number of ether oxygens (including phenoxy) is 1. The molecule has 0 aliphatic heterocycles. The monoisotopic (exact) mass is 396 g/mol. The van der Waals surface area contributed by atoms with Gasteiger partial charge in [0.05, 0.1) is 36.6 Å². The molecule has 2 amide bonds. The predicted molar refractivity (Wildman–Crippen MR) is 109 cm³/mol.